The fraction of sp³-hybridized carbons (Fsp3) is 0.143. The van der Waals surface area contributed by atoms with Gasteiger partial charge in [0.1, 0.15) is 0 Å². The maximum Gasteiger partial charge on any atom is 0.419 e. The van der Waals surface area contributed by atoms with E-state index in [9.17, 15) is 22.8 Å². The van der Waals surface area contributed by atoms with Crippen molar-refractivity contribution in [2.24, 2.45) is 0 Å². The highest BCUT2D eigenvalue weighted by Gasteiger charge is 2.32. The Morgan fingerprint density at radius 3 is 1.93 bits per heavy atom. The van der Waals surface area contributed by atoms with Gasteiger partial charge in [-0.25, -0.2) is 4.79 Å². The Bertz CT molecular complexity index is 301. The summed E-state index contributed by atoms with van der Waals surface area (Å²) in [5.74, 6) is -3.38. The molecule has 0 radical (unpaired) electrons. The molecule has 0 bridgehead atoms. The summed E-state index contributed by atoms with van der Waals surface area (Å²) in [6.45, 7) is 0. The van der Waals surface area contributed by atoms with Crippen molar-refractivity contribution >= 4 is 11.8 Å². The third-order valence-corrected chi connectivity index (χ3v) is 1.09. The largest absolute Gasteiger partial charge is 0.515 e. The monoisotopic (exact) mass is 210 g/mol. The molecule has 0 amide bonds. The number of carboxylic acids is 1. The average Bonchev–Trinajstić information content (AvgIpc) is 2.02. The molecule has 0 rings (SSSR count). The number of hydrogen-bond acceptors (Lipinski definition) is 3. The van der Waals surface area contributed by atoms with Crippen molar-refractivity contribution in [3.63, 3.8) is 0 Å². The van der Waals surface area contributed by atoms with Gasteiger partial charge in [-0.15, -0.1) is 0 Å². The minimum absolute atomic E-state index is 0.177. The van der Waals surface area contributed by atoms with Crippen LogP contribution in [0.25, 0.3) is 0 Å². The molecule has 0 atom stereocenters. The summed E-state index contributed by atoms with van der Waals surface area (Å²) in [5.41, 5.74) is -1.51. The topological polar surface area (TPSA) is 74.6 Å². The summed E-state index contributed by atoms with van der Waals surface area (Å²) in [6.07, 6.45) is -4.70. The lowest BCUT2D eigenvalue weighted by Crippen LogP contribution is -2.12. The molecule has 78 valence electrons. The smallest absolute Gasteiger partial charge is 0.419 e. The van der Waals surface area contributed by atoms with Crippen molar-refractivity contribution in [1.82, 2.24) is 0 Å². The molecule has 7 heteroatoms. The second-order valence-corrected chi connectivity index (χ2v) is 2.08. The van der Waals surface area contributed by atoms with Gasteiger partial charge in [-0.2, -0.15) is 13.2 Å². The van der Waals surface area contributed by atoms with Crippen LogP contribution in [-0.2, 0) is 9.59 Å². The van der Waals surface area contributed by atoms with Gasteiger partial charge in [0.05, 0.1) is 11.8 Å². The van der Waals surface area contributed by atoms with Gasteiger partial charge in [0.25, 0.3) is 5.78 Å². The van der Waals surface area contributed by atoms with Gasteiger partial charge in [0, 0.05) is 0 Å². The number of aliphatic carboxylic acids is 1. The molecule has 0 saturated carbocycles. The maximum atomic E-state index is 11.8. The van der Waals surface area contributed by atoms with E-state index in [2.05, 4.69) is 0 Å². The lowest BCUT2D eigenvalue weighted by molar-refractivity contribution is -0.146. The minimum Gasteiger partial charge on any atom is -0.515 e. The zero-order chi connectivity index (χ0) is 11.4. The van der Waals surface area contributed by atoms with E-state index in [1.54, 1.807) is 0 Å². The van der Waals surface area contributed by atoms with Crippen molar-refractivity contribution in [3.8, 4) is 0 Å². The highest BCUT2D eigenvalue weighted by atomic mass is 19.4. The zero-order valence-corrected chi connectivity index (χ0v) is 6.58. The third-order valence-electron chi connectivity index (χ3n) is 1.09. The number of hydrogen-bond donors (Lipinski definition) is 2. The Labute approximate surface area is 76.0 Å². The molecule has 0 fully saturated rings. The summed E-state index contributed by atoms with van der Waals surface area (Å²) < 4.78 is 35.5. The lowest BCUT2D eigenvalue weighted by atomic mass is 10.2. The number of aliphatic hydroxyl groups is 1. The number of rotatable bonds is 3. The van der Waals surface area contributed by atoms with E-state index in [4.69, 9.17) is 10.2 Å². The quantitative estimate of drug-likeness (QED) is 0.317. The summed E-state index contributed by atoms with van der Waals surface area (Å²) in [4.78, 5) is 20.2. The first-order valence-corrected chi connectivity index (χ1v) is 3.16. The Hall–Kier alpha value is -1.79. The number of carbonyl (C=O) groups excluding carboxylic acids is 1. The van der Waals surface area contributed by atoms with Gasteiger partial charge in [0.15, 0.2) is 0 Å². The number of allylic oxidation sites excluding steroid dienone is 2. The molecule has 0 heterocycles. The summed E-state index contributed by atoms with van der Waals surface area (Å²) in [5, 5.41) is 16.1. The van der Waals surface area contributed by atoms with Crippen LogP contribution in [0, 0.1) is 0 Å². The Morgan fingerprint density at radius 1 is 1.14 bits per heavy atom. The number of aliphatic hydroxyl groups excluding tert-OH is 1. The van der Waals surface area contributed by atoms with E-state index in [-0.39, 0.29) is 18.4 Å². The molecular weight excluding hydrogens is 205 g/mol. The second-order valence-electron chi connectivity index (χ2n) is 2.08. The van der Waals surface area contributed by atoms with Gasteiger partial charge in [-0.05, 0) is 12.2 Å². The van der Waals surface area contributed by atoms with E-state index in [0.717, 1.165) is 0 Å². The Kier molecular flexibility index (Phi) is 3.88. The number of carboxylic acid groups (broad SMARTS) is 1. The first-order valence-electron chi connectivity index (χ1n) is 3.16. The standard InChI is InChI=1S/C7H5F3O4/c8-7(9,10)4(3-11)1-2-5(12)6(13)14/h1-3,11H,(H,13,14)/b2-1+,4-3+. The van der Waals surface area contributed by atoms with Crippen LogP contribution in [0.5, 0.6) is 0 Å². The fourth-order valence-corrected chi connectivity index (χ4v) is 0.447. The van der Waals surface area contributed by atoms with Gasteiger partial charge < -0.3 is 10.2 Å². The molecule has 4 nitrogen and oxygen atoms in total. The van der Waals surface area contributed by atoms with Crippen LogP contribution in [0.4, 0.5) is 13.2 Å². The molecule has 0 aliphatic heterocycles. The minimum atomic E-state index is -4.83. The number of alkyl halides is 3. The van der Waals surface area contributed by atoms with Crippen molar-refractivity contribution in [2.45, 2.75) is 6.18 Å². The summed E-state index contributed by atoms with van der Waals surface area (Å²) >= 11 is 0. The lowest BCUT2D eigenvalue weighted by Gasteiger charge is -2.04. The van der Waals surface area contributed by atoms with Crippen molar-refractivity contribution in [2.75, 3.05) is 0 Å². The predicted molar refractivity (Wildman–Crippen MR) is 38.5 cm³/mol. The molecule has 0 aromatic carbocycles. The molecule has 2 N–H and O–H groups in total. The molecule has 0 unspecified atom stereocenters. The molecule has 0 spiro atoms. The second kappa shape index (κ2) is 4.45. The third kappa shape index (κ3) is 3.74. The number of carbonyl (C=O) groups is 2. The normalized spacial score (nSPS) is 13.2. The van der Waals surface area contributed by atoms with Crippen molar-refractivity contribution in [3.05, 3.63) is 24.0 Å². The van der Waals surface area contributed by atoms with E-state index >= 15 is 0 Å². The number of ketones is 1. The van der Waals surface area contributed by atoms with Crippen LogP contribution in [0.3, 0.4) is 0 Å². The van der Waals surface area contributed by atoms with Crippen molar-refractivity contribution in [1.29, 1.82) is 0 Å². The molecular formula is C7H5F3O4. The van der Waals surface area contributed by atoms with Gasteiger partial charge in [0.2, 0.25) is 0 Å². The van der Waals surface area contributed by atoms with E-state index < -0.39 is 23.5 Å². The van der Waals surface area contributed by atoms with Gasteiger partial charge >= 0.3 is 12.1 Å². The molecule has 0 saturated heterocycles. The SMILES string of the molecule is O=C(O)C(=O)/C=C/C(=C\O)C(F)(F)F. The summed E-state index contributed by atoms with van der Waals surface area (Å²) in [6, 6.07) is 0. The van der Waals surface area contributed by atoms with Crippen LogP contribution < -0.4 is 0 Å². The number of halogens is 3. The van der Waals surface area contributed by atoms with E-state index in [0.29, 0.717) is 0 Å². The van der Waals surface area contributed by atoms with E-state index in [1.807, 2.05) is 0 Å². The molecule has 0 aromatic rings. The van der Waals surface area contributed by atoms with Gasteiger partial charge in [-0.3, -0.25) is 4.79 Å². The average molecular weight is 210 g/mol. The maximum absolute atomic E-state index is 11.8. The molecule has 0 aliphatic rings. The highest BCUT2D eigenvalue weighted by molar-refractivity contribution is 6.37. The predicted octanol–water partition coefficient (Wildman–Crippen LogP) is 1.20. The van der Waals surface area contributed by atoms with Crippen LogP contribution in [0.1, 0.15) is 0 Å². The fourth-order valence-electron chi connectivity index (χ4n) is 0.447. The first kappa shape index (κ1) is 12.2. The summed E-state index contributed by atoms with van der Waals surface area (Å²) in [7, 11) is 0. The molecule has 0 aromatic heterocycles. The Balaban J connectivity index is 4.67. The van der Waals surface area contributed by atoms with Crippen LogP contribution in [-0.4, -0.2) is 28.1 Å². The zero-order valence-electron chi connectivity index (χ0n) is 6.58. The molecule has 0 aliphatic carbocycles. The van der Waals surface area contributed by atoms with Crippen LogP contribution in [0.15, 0.2) is 24.0 Å². The molecule has 14 heavy (non-hydrogen) atoms. The van der Waals surface area contributed by atoms with Gasteiger partial charge in [-0.1, -0.05) is 0 Å². The van der Waals surface area contributed by atoms with Crippen LogP contribution in [0.2, 0.25) is 0 Å². The van der Waals surface area contributed by atoms with E-state index in [1.165, 1.54) is 0 Å². The van der Waals surface area contributed by atoms with Crippen LogP contribution >= 0.6 is 0 Å². The highest BCUT2D eigenvalue weighted by Crippen LogP contribution is 2.25. The first-order chi connectivity index (χ1) is 6.29. The Morgan fingerprint density at radius 2 is 1.64 bits per heavy atom. The van der Waals surface area contributed by atoms with Crippen molar-refractivity contribution < 1.29 is 33.0 Å².